The third-order valence-electron chi connectivity index (χ3n) is 3.62. The lowest BCUT2D eigenvalue weighted by Gasteiger charge is -2.34. The Morgan fingerprint density at radius 3 is 2.70 bits per heavy atom. The molecule has 2 aromatic rings. The molecule has 2 heterocycles. The zero-order chi connectivity index (χ0) is 13.9. The monoisotopic (exact) mass is 352 g/mol. The molecule has 1 aliphatic rings. The Balaban J connectivity index is 1.98. The topological polar surface area (TPSA) is 35.5 Å². The maximum atomic E-state index is 9.70. The van der Waals surface area contributed by atoms with Crippen molar-refractivity contribution in [2.45, 2.75) is 6.04 Å². The van der Waals surface area contributed by atoms with Crippen molar-refractivity contribution in [1.29, 1.82) is 0 Å². The molecule has 3 rings (SSSR count). The molecule has 0 spiro atoms. The Labute approximate surface area is 131 Å². The SMILES string of the molecule is Oc1ccc([C@H](c2cccs2)N2CCNCC2)cc1Br. The normalized spacial score (nSPS) is 18.1. The van der Waals surface area contributed by atoms with Crippen LogP contribution in [0.5, 0.6) is 5.75 Å². The minimum atomic E-state index is 0.272. The van der Waals surface area contributed by atoms with Gasteiger partial charge in [-0.2, -0.15) is 0 Å². The highest BCUT2D eigenvalue weighted by atomic mass is 79.9. The number of nitrogens with zero attached hydrogens (tertiary/aromatic N) is 1. The maximum Gasteiger partial charge on any atom is 0.129 e. The fourth-order valence-electron chi connectivity index (χ4n) is 2.64. The second-order valence-corrected chi connectivity index (χ2v) is 6.75. The van der Waals surface area contributed by atoms with Crippen molar-refractivity contribution in [3.05, 3.63) is 50.6 Å². The molecule has 0 aliphatic carbocycles. The third-order valence-corrected chi connectivity index (χ3v) is 5.18. The second-order valence-electron chi connectivity index (χ2n) is 4.91. The summed E-state index contributed by atoms with van der Waals surface area (Å²) in [4.78, 5) is 3.85. The number of rotatable bonds is 3. The Kier molecular flexibility index (Phi) is 4.41. The van der Waals surface area contributed by atoms with E-state index in [1.807, 2.05) is 12.1 Å². The van der Waals surface area contributed by atoms with Gasteiger partial charge in [0.05, 0.1) is 10.5 Å². The van der Waals surface area contributed by atoms with Crippen LogP contribution in [0.2, 0.25) is 0 Å². The quantitative estimate of drug-likeness (QED) is 0.890. The predicted octanol–water partition coefficient (Wildman–Crippen LogP) is 3.21. The van der Waals surface area contributed by atoms with Gasteiger partial charge in [-0.05, 0) is 45.1 Å². The van der Waals surface area contributed by atoms with Crippen molar-refractivity contribution in [1.82, 2.24) is 10.2 Å². The molecule has 0 saturated carbocycles. The first-order valence-corrected chi connectivity index (χ1v) is 8.39. The predicted molar refractivity (Wildman–Crippen MR) is 86.4 cm³/mol. The molecule has 1 aromatic heterocycles. The van der Waals surface area contributed by atoms with Crippen LogP contribution in [0.3, 0.4) is 0 Å². The van der Waals surface area contributed by atoms with Gasteiger partial charge in [0, 0.05) is 31.1 Å². The van der Waals surface area contributed by atoms with Gasteiger partial charge in [0.15, 0.2) is 0 Å². The fraction of sp³-hybridized carbons (Fsp3) is 0.333. The Morgan fingerprint density at radius 2 is 2.05 bits per heavy atom. The summed E-state index contributed by atoms with van der Waals surface area (Å²) in [7, 11) is 0. The van der Waals surface area contributed by atoms with E-state index >= 15 is 0 Å². The molecule has 1 aromatic carbocycles. The number of nitrogens with one attached hydrogen (secondary N) is 1. The molecule has 20 heavy (non-hydrogen) atoms. The van der Waals surface area contributed by atoms with Crippen LogP contribution in [0, 0.1) is 0 Å². The Bertz CT molecular complexity index is 567. The number of phenolic OH excluding ortho intramolecular Hbond substituents is 1. The van der Waals surface area contributed by atoms with E-state index in [0.29, 0.717) is 5.75 Å². The molecule has 1 atom stereocenters. The first kappa shape index (κ1) is 14.1. The van der Waals surface area contributed by atoms with Crippen LogP contribution in [0.4, 0.5) is 0 Å². The first-order valence-electron chi connectivity index (χ1n) is 6.72. The second kappa shape index (κ2) is 6.26. The van der Waals surface area contributed by atoms with E-state index in [1.165, 1.54) is 10.4 Å². The molecule has 0 radical (unpaired) electrons. The van der Waals surface area contributed by atoms with Crippen LogP contribution < -0.4 is 5.32 Å². The van der Waals surface area contributed by atoms with Gasteiger partial charge >= 0.3 is 0 Å². The molecule has 2 N–H and O–H groups in total. The van der Waals surface area contributed by atoms with Gasteiger partial charge < -0.3 is 10.4 Å². The lowest BCUT2D eigenvalue weighted by atomic mass is 10.0. The molecule has 5 heteroatoms. The third kappa shape index (κ3) is 2.91. The van der Waals surface area contributed by atoms with Crippen LogP contribution in [-0.4, -0.2) is 36.2 Å². The molecule has 3 nitrogen and oxygen atoms in total. The Morgan fingerprint density at radius 1 is 1.25 bits per heavy atom. The van der Waals surface area contributed by atoms with Crippen LogP contribution in [0.1, 0.15) is 16.5 Å². The number of aromatic hydroxyl groups is 1. The molecule has 0 amide bonds. The van der Waals surface area contributed by atoms with Gasteiger partial charge in [0.1, 0.15) is 5.75 Å². The van der Waals surface area contributed by atoms with E-state index in [-0.39, 0.29) is 6.04 Å². The molecule has 0 unspecified atom stereocenters. The minimum Gasteiger partial charge on any atom is -0.507 e. The number of piperazine rings is 1. The van der Waals surface area contributed by atoms with Crippen LogP contribution >= 0.6 is 27.3 Å². The highest BCUT2D eigenvalue weighted by Crippen LogP contribution is 2.35. The van der Waals surface area contributed by atoms with E-state index < -0.39 is 0 Å². The zero-order valence-corrected chi connectivity index (χ0v) is 13.5. The van der Waals surface area contributed by atoms with Crippen LogP contribution in [-0.2, 0) is 0 Å². The summed E-state index contributed by atoms with van der Waals surface area (Å²) in [5, 5.41) is 15.2. The largest absolute Gasteiger partial charge is 0.507 e. The van der Waals surface area contributed by atoms with Crippen LogP contribution in [0.15, 0.2) is 40.2 Å². The minimum absolute atomic E-state index is 0.272. The van der Waals surface area contributed by atoms with Gasteiger partial charge in [0.2, 0.25) is 0 Å². The van der Waals surface area contributed by atoms with Crippen molar-refractivity contribution >= 4 is 27.3 Å². The van der Waals surface area contributed by atoms with Crippen molar-refractivity contribution in [2.75, 3.05) is 26.2 Å². The van der Waals surface area contributed by atoms with E-state index in [1.54, 1.807) is 17.4 Å². The summed E-state index contributed by atoms with van der Waals surface area (Å²) in [6.07, 6.45) is 0. The summed E-state index contributed by atoms with van der Waals surface area (Å²) < 4.78 is 0.756. The Hall–Kier alpha value is -0.880. The standard InChI is InChI=1S/C15H17BrN2OS/c16-12-10-11(3-4-13(12)19)15(14-2-1-9-20-14)18-7-5-17-6-8-18/h1-4,9-10,15,17,19H,5-8H2/t15-/m1/s1. The van der Waals surface area contributed by atoms with E-state index in [0.717, 1.165) is 30.7 Å². The number of benzene rings is 1. The summed E-state index contributed by atoms with van der Waals surface area (Å²) >= 11 is 5.21. The number of hydrogen-bond acceptors (Lipinski definition) is 4. The fourth-order valence-corrected chi connectivity index (χ4v) is 3.92. The summed E-state index contributed by atoms with van der Waals surface area (Å²) in [5.41, 5.74) is 1.22. The summed E-state index contributed by atoms with van der Waals surface area (Å²) in [6, 6.07) is 10.4. The number of phenols is 1. The van der Waals surface area contributed by atoms with E-state index in [9.17, 15) is 5.11 Å². The smallest absolute Gasteiger partial charge is 0.129 e. The number of thiophene rings is 1. The molecule has 106 valence electrons. The van der Waals surface area contributed by atoms with Crippen molar-refractivity contribution in [3.63, 3.8) is 0 Å². The first-order chi connectivity index (χ1) is 9.75. The lowest BCUT2D eigenvalue weighted by molar-refractivity contribution is 0.200. The molecular formula is C15H17BrN2OS. The average Bonchev–Trinajstić information content (AvgIpc) is 2.98. The van der Waals surface area contributed by atoms with Crippen LogP contribution in [0.25, 0.3) is 0 Å². The molecular weight excluding hydrogens is 336 g/mol. The molecule has 0 bridgehead atoms. The zero-order valence-electron chi connectivity index (χ0n) is 11.1. The number of hydrogen-bond donors (Lipinski definition) is 2. The van der Waals surface area contributed by atoms with Gasteiger partial charge in [0.25, 0.3) is 0 Å². The molecule has 1 aliphatic heterocycles. The maximum absolute atomic E-state index is 9.70. The highest BCUT2D eigenvalue weighted by Gasteiger charge is 2.25. The van der Waals surface area contributed by atoms with Gasteiger partial charge in [-0.15, -0.1) is 11.3 Å². The van der Waals surface area contributed by atoms with Crippen molar-refractivity contribution in [2.24, 2.45) is 0 Å². The average molecular weight is 353 g/mol. The van der Waals surface area contributed by atoms with E-state index in [4.69, 9.17) is 0 Å². The van der Waals surface area contributed by atoms with E-state index in [2.05, 4.69) is 43.7 Å². The molecule has 1 saturated heterocycles. The highest BCUT2D eigenvalue weighted by molar-refractivity contribution is 9.10. The molecule has 1 fully saturated rings. The van der Waals surface area contributed by atoms with Gasteiger partial charge in [-0.1, -0.05) is 12.1 Å². The van der Waals surface area contributed by atoms with Crippen molar-refractivity contribution < 1.29 is 5.11 Å². The lowest BCUT2D eigenvalue weighted by Crippen LogP contribution is -2.45. The summed E-state index contributed by atoms with van der Waals surface area (Å²) in [6.45, 7) is 4.14. The number of halogens is 1. The van der Waals surface area contributed by atoms with Crippen molar-refractivity contribution in [3.8, 4) is 5.75 Å². The summed E-state index contributed by atoms with van der Waals surface area (Å²) in [5.74, 6) is 0.291. The van der Waals surface area contributed by atoms with Gasteiger partial charge in [-0.25, -0.2) is 0 Å². The van der Waals surface area contributed by atoms with Gasteiger partial charge in [-0.3, -0.25) is 4.90 Å².